The van der Waals surface area contributed by atoms with Gasteiger partial charge in [0.25, 0.3) is 0 Å². The maximum Gasteiger partial charge on any atom is 0.166 e. The number of aromatic amines is 1. The smallest absolute Gasteiger partial charge is 0.166 e. The van der Waals surface area contributed by atoms with E-state index in [1.807, 2.05) is 25.1 Å². The fourth-order valence-corrected chi connectivity index (χ4v) is 3.82. The molecular formula is C15H20N2O2S. The summed E-state index contributed by atoms with van der Waals surface area (Å²) < 4.78 is 5.50. The third-order valence-corrected chi connectivity index (χ3v) is 4.94. The van der Waals surface area contributed by atoms with Crippen LogP contribution in [0.4, 0.5) is 0 Å². The lowest BCUT2D eigenvalue weighted by Crippen LogP contribution is -2.26. The lowest BCUT2D eigenvalue weighted by atomic mass is 9.97. The first-order valence-corrected chi connectivity index (χ1v) is 8.11. The molecule has 0 amide bonds. The summed E-state index contributed by atoms with van der Waals surface area (Å²) in [6, 6.07) is 5.89. The number of H-pyrrole nitrogens is 1. The zero-order chi connectivity index (χ0) is 13.9. The summed E-state index contributed by atoms with van der Waals surface area (Å²) >= 11 is 1.66. The monoisotopic (exact) mass is 292 g/mol. The number of fused-ring (bicyclic) bond motifs is 1. The molecule has 0 saturated heterocycles. The van der Waals surface area contributed by atoms with Crippen LogP contribution in [0.2, 0.25) is 0 Å². The maximum absolute atomic E-state index is 10.0. The van der Waals surface area contributed by atoms with Crippen LogP contribution in [0.5, 0.6) is 5.75 Å². The van der Waals surface area contributed by atoms with Gasteiger partial charge in [0, 0.05) is 11.3 Å². The van der Waals surface area contributed by atoms with Crippen molar-refractivity contribution in [1.29, 1.82) is 0 Å². The van der Waals surface area contributed by atoms with Crippen LogP contribution in [0.15, 0.2) is 23.4 Å². The highest BCUT2D eigenvalue weighted by Crippen LogP contribution is 2.33. The minimum absolute atomic E-state index is 0.207. The summed E-state index contributed by atoms with van der Waals surface area (Å²) in [6.45, 7) is 2.64. The standard InChI is InChI=1S/C15H20N2O2S/c1-2-19-10-7-8-11-12(9-10)17-15(16-11)20-14-6-4-3-5-13(14)18/h7-9,13-14,18H,2-6H2,1H3,(H,16,17). The molecule has 2 N–H and O–H groups in total. The van der Waals surface area contributed by atoms with Crippen LogP contribution < -0.4 is 4.74 Å². The predicted octanol–water partition coefficient (Wildman–Crippen LogP) is 3.36. The van der Waals surface area contributed by atoms with E-state index in [2.05, 4.69) is 9.97 Å². The zero-order valence-corrected chi connectivity index (χ0v) is 12.4. The number of imidazole rings is 1. The van der Waals surface area contributed by atoms with Crippen molar-refractivity contribution in [1.82, 2.24) is 9.97 Å². The number of aromatic nitrogens is 2. The van der Waals surface area contributed by atoms with Crippen LogP contribution in [0.25, 0.3) is 11.0 Å². The molecular weight excluding hydrogens is 272 g/mol. The number of thioether (sulfide) groups is 1. The van der Waals surface area contributed by atoms with Crippen molar-refractivity contribution < 1.29 is 9.84 Å². The van der Waals surface area contributed by atoms with Crippen molar-refractivity contribution in [2.75, 3.05) is 6.61 Å². The highest BCUT2D eigenvalue weighted by Gasteiger charge is 2.25. The summed E-state index contributed by atoms with van der Waals surface area (Å²) in [5.41, 5.74) is 1.94. The summed E-state index contributed by atoms with van der Waals surface area (Å²) in [6.07, 6.45) is 4.10. The zero-order valence-electron chi connectivity index (χ0n) is 11.6. The first kappa shape index (κ1) is 13.8. The Bertz CT molecular complexity index is 584. The minimum atomic E-state index is -0.207. The van der Waals surface area contributed by atoms with Gasteiger partial charge >= 0.3 is 0 Å². The number of aliphatic hydroxyl groups excluding tert-OH is 1. The Balaban J connectivity index is 1.78. The maximum atomic E-state index is 10.0. The Morgan fingerprint density at radius 3 is 3.05 bits per heavy atom. The molecule has 0 radical (unpaired) electrons. The molecule has 0 bridgehead atoms. The molecule has 0 spiro atoms. The van der Waals surface area contributed by atoms with Crippen LogP contribution in [0.1, 0.15) is 32.6 Å². The second-order valence-electron chi connectivity index (χ2n) is 5.16. The topological polar surface area (TPSA) is 58.1 Å². The van der Waals surface area contributed by atoms with E-state index < -0.39 is 0 Å². The van der Waals surface area contributed by atoms with Gasteiger partial charge in [-0.05, 0) is 31.9 Å². The Morgan fingerprint density at radius 1 is 1.40 bits per heavy atom. The van der Waals surface area contributed by atoms with Crippen LogP contribution >= 0.6 is 11.8 Å². The first-order valence-electron chi connectivity index (χ1n) is 7.23. The van der Waals surface area contributed by atoms with E-state index in [9.17, 15) is 5.11 Å². The molecule has 1 saturated carbocycles. The molecule has 1 heterocycles. The third kappa shape index (κ3) is 2.94. The molecule has 20 heavy (non-hydrogen) atoms. The number of aliphatic hydroxyl groups is 1. The second-order valence-corrected chi connectivity index (χ2v) is 6.39. The molecule has 5 heteroatoms. The van der Waals surface area contributed by atoms with Crippen molar-refractivity contribution in [3.8, 4) is 5.75 Å². The lowest BCUT2D eigenvalue weighted by molar-refractivity contribution is 0.137. The number of ether oxygens (including phenoxy) is 1. The summed E-state index contributed by atoms with van der Waals surface area (Å²) in [5.74, 6) is 0.859. The van der Waals surface area contributed by atoms with Crippen LogP contribution in [0, 0.1) is 0 Å². The number of rotatable bonds is 4. The predicted molar refractivity (Wildman–Crippen MR) is 81.4 cm³/mol. The van der Waals surface area contributed by atoms with E-state index in [1.165, 1.54) is 6.42 Å². The van der Waals surface area contributed by atoms with Crippen molar-refractivity contribution in [2.45, 2.75) is 49.1 Å². The first-order chi connectivity index (χ1) is 9.76. The van der Waals surface area contributed by atoms with Gasteiger partial charge < -0.3 is 14.8 Å². The molecule has 1 fully saturated rings. The SMILES string of the molecule is CCOc1ccc2nc(SC3CCCCC3O)[nH]c2c1. The van der Waals surface area contributed by atoms with Crippen molar-refractivity contribution in [3.63, 3.8) is 0 Å². The number of hydrogen-bond acceptors (Lipinski definition) is 4. The molecule has 0 aliphatic heterocycles. The third-order valence-electron chi connectivity index (χ3n) is 3.67. The average Bonchev–Trinajstić information content (AvgIpc) is 2.83. The Labute approximate surface area is 122 Å². The van der Waals surface area contributed by atoms with E-state index in [-0.39, 0.29) is 11.4 Å². The van der Waals surface area contributed by atoms with Gasteiger partial charge in [-0.3, -0.25) is 0 Å². The molecule has 1 aromatic carbocycles. The number of nitrogens with one attached hydrogen (secondary N) is 1. The van der Waals surface area contributed by atoms with Gasteiger partial charge in [0.1, 0.15) is 5.75 Å². The number of benzene rings is 1. The fraction of sp³-hybridized carbons (Fsp3) is 0.533. The highest BCUT2D eigenvalue weighted by molar-refractivity contribution is 7.99. The molecule has 2 unspecified atom stereocenters. The van der Waals surface area contributed by atoms with Gasteiger partial charge in [-0.2, -0.15) is 0 Å². The van der Waals surface area contributed by atoms with Crippen molar-refractivity contribution in [2.24, 2.45) is 0 Å². The largest absolute Gasteiger partial charge is 0.494 e. The van der Waals surface area contributed by atoms with Crippen molar-refractivity contribution in [3.05, 3.63) is 18.2 Å². The van der Waals surface area contributed by atoms with Gasteiger partial charge in [-0.25, -0.2) is 4.98 Å². The highest BCUT2D eigenvalue weighted by atomic mass is 32.2. The van der Waals surface area contributed by atoms with Gasteiger partial charge in [0.15, 0.2) is 5.16 Å². The Morgan fingerprint density at radius 2 is 2.25 bits per heavy atom. The summed E-state index contributed by atoms with van der Waals surface area (Å²) in [4.78, 5) is 7.91. The molecule has 4 nitrogen and oxygen atoms in total. The number of nitrogens with zero attached hydrogens (tertiary/aromatic N) is 1. The van der Waals surface area contributed by atoms with Crippen LogP contribution in [-0.4, -0.2) is 33.0 Å². The molecule has 1 aliphatic carbocycles. The van der Waals surface area contributed by atoms with Crippen molar-refractivity contribution >= 4 is 22.8 Å². The summed E-state index contributed by atoms with van der Waals surface area (Å²) in [5, 5.41) is 11.2. The van der Waals surface area contributed by atoms with E-state index in [0.717, 1.165) is 41.2 Å². The van der Waals surface area contributed by atoms with Gasteiger partial charge in [-0.15, -0.1) is 0 Å². The molecule has 3 rings (SSSR count). The van der Waals surface area contributed by atoms with E-state index in [4.69, 9.17) is 4.74 Å². The van der Waals surface area contributed by atoms with E-state index in [1.54, 1.807) is 11.8 Å². The molecule has 108 valence electrons. The number of hydrogen-bond donors (Lipinski definition) is 2. The summed E-state index contributed by atoms with van der Waals surface area (Å²) in [7, 11) is 0. The van der Waals surface area contributed by atoms with Crippen LogP contribution in [-0.2, 0) is 0 Å². The molecule has 2 atom stereocenters. The van der Waals surface area contributed by atoms with Crippen LogP contribution in [0.3, 0.4) is 0 Å². The molecule has 1 aliphatic rings. The molecule has 2 aromatic rings. The average molecular weight is 292 g/mol. The quantitative estimate of drug-likeness (QED) is 0.907. The van der Waals surface area contributed by atoms with Gasteiger partial charge in [0.05, 0.1) is 23.7 Å². The normalized spacial score (nSPS) is 23.1. The molecule has 1 aromatic heterocycles. The minimum Gasteiger partial charge on any atom is -0.494 e. The van der Waals surface area contributed by atoms with E-state index in [0.29, 0.717) is 6.61 Å². The second kappa shape index (κ2) is 6.06. The lowest BCUT2D eigenvalue weighted by Gasteiger charge is -2.25. The Hall–Kier alpha value is -1.20. The van der Waals surface area contributed by atoms with Gasteiger partial charge in [0.2, 0.25) is 0 Å². The Kier molecular flexibility index (Phi) is 4.17. The fourth-order valence-electron chi connectivity index (χ4n) is 2.64. The van der Waals surface area contributed by atoms with E-state index >= 15 is 0 Å². The van der Waals surface area contributed by atoms with Gasteiger partial charge in [-0.1, -0.05) is 24.6 Å².